The van der Waals surface area contributed by atoms with Crippen molar-refractivity contribution in [3.63, 3.8) is 0 Å². The second-order valence-electron chi connectivity index (χ2n) is 6.52. The van der Waals surface area contributed by atoms with E-state index in [2.05, 4.69) is 11.4 Å². The first-order valence-corrected chi connectivity index (χ1v) is 10.8. The van der Waals surface area contributed by atoms with E-state index in [1.54, 1.807) is 18.2 Å². The van der Waals surface area contributed by atoms with Crippen molar-refractivity contribution in [2.75, 3.05) is 37.9 Å². The monoisotopic (exact) mass is 396 g/mol. The van der Waals surface area contributed by atoms with Crippen LogP contribution in [0.4, 0.5) is 5.69 Å². The van der Waals surface area contributed by atoms with Crippen molar-refractivity contribution in [2.24, 2.45) is 0 Å². The summed E-state index contributed by atoms with van der Waals surface area (Å²) in [6.45, 7) is 0.179. The van der Waals surface area contributed by atoms with Crippen LogP contribution in [0.1, 0.15) is 32.1 Å². The number of anilines is 1. The molecule has 1 N–H and O–H groups in total. The second kappa shape index (κ2) is 9.64. The lowest BCUT2D eigenvalue weighted by Crippen LogP contribution is -2.40. The van der Waals surface area contributed by atoms with Gasteiger partial charge in [0.15, 0.2) is 0 Å². The van der Waals surface area contributed by atoms with Gasteiger partial charge in [0.2, 0.25) is 15.9 Å². The summed E-state index contributed by atoms with van der Waals surface area (Å²) >= 11 is 0. The van der Waals surface area contributed by atoms with Crippen molar-refractivity contribution in [3.8, 4) is 11.5 Å². The van der Waals surface area contributed by atoms with Crippen molar-refractivity contribution in [1.29, 1.82) is 0 Å². The largest absolute Gasteiger partial charge is 0.497 e. The van der Waals surface area contributed by atoms with Crippen LogP contribution in [0.5, 0.6) is 11.5 Å². The molecule has 0 bridgehead atoms. The van der Waals surface area contributed by atoms with Crippen molar-refractivity contribution < 1.29 is 22.7 Å². The molecule has 0 saturated carbocycles. The first-order chi connectivity index (χ1) is 12.8. The minimum absolute atomic E-state index is 0.268. The molecule has 1 aliphatic carbocycles. The lowest BCUT2D eigenvalue weighted by Gasteiger charge is -2.24. The van der Waals surface area contributed by atoms with Gasteiger partial charge >= 0.3 is 0 Å². The van der Waals surface area contributed by atoms with Gasteiger partial charge in [-0.25, -0.2) is 8.42 Å². The van der Waals surface area contributed by atoms with Crippen molar-refractivity contribution in [3.05, 3.63) is 29.8 Å². The van der Waals surface area contributed by atoms with Crippen LogP contribution in [-0.2, 0) is 14.8 Å². The average Bonchev–Trinajstić information content (AvgIpc) is 2.65. The molecule has 1 aliphatic rings. The maximum atomic E-state index is 12.4. The fourth-order valence-corrected chi connectivity index (χ4v) is 3.91. The smallest absolute Gasteiger partial charge is 0.240 e. The third kappa shape index (κ3) is 6.16. The molecule has 0 heterocycles. The molecule has 0 atom stereocenters. The number of hydrogen-bond acceptors (Lipinski definition) is 5. The lowest BCUT2D eigenvalue weighted by atomic mass is 9.97. The molecule has 1 aromatic carbocycles. The van der Waals surface area contributed by atoms with E-state index < -0.39 is 10.0 Å². The molecule has 1 aromatic rings. The van der Waals surface area contributed by atoms with E-state index in [-0.39, 0.29) is 18.1 Å². The van der Waals surface area contributed by atoms with Crippen LogP contribution >= 0.6 is 0 Å². The molecule has 7 nitrogen and oxygen atoms in total. The molecule has 0 spiro atoms. The zero-order valence-electron chi connectivity index (χ0n) is 16.2. The number of rotatable bonds is 9. The molecular formula is C19H28N2O5S. The minimum atomic E-state index is -3.69. The number of hydrogen-bond donors (Lipinski definition) is 1. The Morgan fingerprint density at radius 3 is 2.59 bits per heavy atom. The molecule has 27 heavy (non-hydrogen) atoms. The van der Waals surface area contributed by atoms with Gasteiger partial charge in [-0.3, -0.25) is 9.10 Å². The van der Waals surface area contributed by atoms with Crippen LogP contribution in [0.3, 0.4) is 0 Å². The number of allylic oxidation sites excluding steroid dienone is 1. The highest BCUT2D eigenvalue weighted by molar-refractivity contribution is 7.92. The van der Waals surface area contributed by atoms with Gasteiger partial charge in [0.05, 0.1) is 26.2 Å². The number of carbonyl (C=O) groups is 1. The summed E-state index contributed by atoms with van der Waals surface area (Å²) in [7, 11) is -0.753. The van der Waals surface area contributed by atoms with Crippen LogP contribution in [0, 0.1) is 0 Å². The molecule has 0 fully saturated rings. The summed E-state index contributed by atoms with van der Waals surface area (Å²) in [6.07, 6.45) is 8.69. The van der Waals surface area contributed by atoms with Gasteiger partial charge in [-0.2, -0.15) is 0 Å². The molecule has 150 valence electrons. The molecule has 2 rings (SSSR count). The molecule has 1 amide bonds. The van der Waals surface area contributed by atoms with E-state index in [9.17, 15) is 13.2 Å². The predicted molar refractivity (Wildman–Crippen MR) is 106 cm³/mol. The molecular weight excluding hydrogens is 368 g/mol. The Hall–Kier alpha value is -2.22. The van der Waals surface area contributed by atoms with Crippen molar-refractivity contribution in [2.45, 2.75) is 32.1 Å². The van der Waals surface area contributed by atoms with Crippen LogP contribution in [0.25, 0.3) is 0 Å². The maximum Gasteiger partial charge on any atom is 0.240 e. The van der Waals surface area contributed by atoms with Crippen LogP contribution < -0.4 is 19.1 Å². The molecule has 0 aromatic heterocycles. The quantitative estimate of drug-likeness (QED) is 0.648. The number of benzene rings is 1. The van der Waals surface area contributed by atoms with Gasteiger partial charge < -0.3 is 14.8 Å². The number of nitrogens with zero attached hydrogens (tertiary/aromatic N) is 1. The molecule has 8 heteroatoms. The number of nitrogens with one attached hydrogen (secondary N) is 1. The van der Waals surface area contributed by atoms with E-state index in [0.29, 0.717) is 18.0 Å². The number of amides is 1. The predicted octanol–water partition coefficient (Wildman–Crippen LogP) is 2.48. The van der Waals surface area contributed by atoms with E-state index >= 15 is 0 Å². The third-order valence-electron chi connectivity index (χ3n) is 4.50. The lowest BCUT2D eigenvalue weighted by molar-refractivity contribution is -0.119. The van der Waals surface area contributed by atoms with Crippen LogP contribution in [-0.4, -0.2) is 47.9 Å². The van der Waals surface area contributed by atoms with Gasteiger partial charge in [-0.1, -0.05) is 11.6 Å². The number of carbonyl (C=O) groups excluding carboxylic acids is 1. The van der Waals surface area contributed by atoms with E-state index in [1.165, 1.54) is 32.6 Å². The third-order valence-corrected chi connectivity index (χ3v) is 5.62. The Kier molecular flexibility index (Phi) is 7.53. The summed E-state index contributed by atoms with van der Waals surface area (Å²) in [6, 6.07) is 4.82. The average molecular weight is 397 g/mol. The summed E-state index contributed by atoms with van der Waals surface area (Å²) in [5, 5.41) is 2.81. The Bertz CT molecular complexity index is 789. The van der Waals surface area contributed by atoms with Gasteiger partial charge in [0, 0.05) is 12.6 Å². The highest BCUT2D eigenvalue weighted by Gasteiger charge is 2.24. The first kappa shape index (κ1) is 21.1. The maximum absolute atomic E-state index is 12.4. The zero-order chi connectivity index (χ0) is 19.9. The highest BCUT2D eigenvalue weighted by Crippen LogP contribution is 2.33. The van der Waals surface area contributed by atoms with E-state index in [0.717, 1.165) is 29.8 Å². The fourth-order valence-electron chi connectivity index (χ4n) is 3.05. The van der Waals surface area contributed by atoms with Crippen molar-refractivity contribution in [1.82, 2.24) is 5.32 Å². The fraction of sp³-hybridized carbons (Fsp3) is 0.526. The Labute approximate surface area is 161 Å². The summed E-state index contributed by atoms with van der Waals surface area (Å²) in [5.41, 5.74) is 1.63. The summed E-state index contributed by atoms with van der Waals surface area (Å²) < 4.78 is 36.1. The topological polar surface area (TPSA) is 84.9 Å². The Balaban J connectivity index is 2.08. The Morgan fingerprint density at radius 1 is 1.22 bits per heavy atom. The molecule has 0 saturated heterocycles. The van der Waals surface area contributed by atoms with Gasteiger partial charge in [-0.15, -0.1) is 0 Å². The standard InChI is InChI=1S/C19H28N2O5S/c1-25-16-9-10-18(26-2)17(13-16)21(27(3,23)24)14-19(22)20-12-11-15-7-5-4-6-8-15/h7,9-10,13H,4-6,8,11-12,14H2,1-3H3,(H,20,22). The minimum Gasteiger partial charge on any atom is -0.497 e. The molecule has 0 radical (unpaired) electrons. The number of sulfonamides is 1. The summed E-state index contributed by atoms with van der Waals surface area (Å²) in [5.74, 6) is 0.465. The van der Waals surface area contributed by atoms with Crippen LogP contribution in [0.2, 0.25) is 0 Å². The second-order valence-corrected chi connectivity index (χ2v) is 8.42. The summed E-state index contributed by atoms with van der Waals surface area (Å²) in [4.78, 5) is 12.4. The molecule has 0 aliphatic heterocycles. The van der Waals surface area contributed by atoms with Gasteiger partial charge in [0.25, 0.3) is 0 Å². The zero-order valence-corrected chi connectivity index (χ0v) is 17.0. The van der Waals surface area contributed by atoms with Crippen LogP contribution in [0.15, 0.2) is 29.8 Å². The number of methoxy groups -OCH3 is 2. The SMILES string of the molecule is COc1ccc(OC)c(N(CC(=O)NCCC2=CCCCC2)S(C)(=O)=O)c1. The first-order valence-electron chi connectivity index (χ1n) is 8.99. The highest BCUT2D eigenvalue weighted by atomic mass is 32.2. The molecule has 0 unspecified atom stereocenters. The van der Waals surface area contributed by atoms with E-state index in [4.69, 9.17) is 9.47 Å². The Morgan fingerprint density at radius 2 is 2.00 bits per heavy atom. The van der Waals surface area contributed by atoms with E-state index in [1.807, 2.05) is 0 Å². The van der Waals surface area contributed by atoms with Gasteiger partial charge in [0.1, 0.15) is 18.0 Å². The normalized spacial score (nSPS) is 14.3. The van der Waals surface area contributed by atoms with Crippen molar-refractivity contribution >= 4 is 21.6 Å². The van der Waals surface area contributed by atoms with Gasteiger partial charge in [-0.05, 0) is 44.2 Å². The number of ether oxygens (including phenoxy) is 2.